The Morgan fingerprint density at radius 2 is 1.56 bits per heavy atom. The molecule has 36 heavy (non-hydrogen) atoms. The van der Waals surface area contributed by atoms with E-state index in [1.807, 2.05) is 50.2 Å². The minimum absolute atomic E-state index is 0.256. The van der Waals surface area contributed by atoms with E-state index in [0.717, 1.165) is 21.9 Å². The van der Waals surface area contributed by atoms with Crippen LogP contribution in [0.1, 0.15) is 43.5 Å². The number of ketones is 2. The van der Waals surface area contributed by atoms with Gasteiger partial charge in [0.05, 0.1) is 5.56 Å². The van der Waals surface area contributed by atoms with E-state index >= 15 is 0 Å². The lowest BCUT2D eigenvalue weighted by molar-refractivity contribution is -0.138. The van der Waals surface area contributed by atoms with Crippen molar-refractivity contribution >= 4 is 39.9 Å². The number of carbonyl (C=O) groups is 4. The average molecular weight is 478 g/mol. The lowest BCUT2D eigenvalue weighted by Crippen LogP contribution is -2.38. The molecule has 0 aliphatic carbocycles. The summed E-state index contributed by atoms with van der Waals surface area (Å²) in [6.45, 7) is 3.68. The number of rotatable bonds is 6. The number of hydrogen-bond donors (Lipinski definition) is 1. The van der Waals surface area contributed by atoms with Crippen LogP contribution in [0.4, 0.5) is 5.69 Å². The number of esters is 1. The van der Waals surface area contributed by atoms with Crippen LogP contribution in [-0.2, 0) is 14.3 Å². The van der Waals surface area contributed by atoms with Crippen molar-refractivity contribution in [2.45, 2.75) is 20.0 Å². The van der Waals surface area contributed by atoms with Gasteiger partial charge in [0.15, 0.2) is 5.78 Å². The Morgan fingerprint density at radius 1 is 0.833 bits per heavy atom. The molecule has 5 rings (SSSR count). The first-order chi connectivity index (χ1) is 17.3. The number of aryl methyl sites for hydroxylation is 2. The van der Waals surface area contributed by atoms with Crippen molar-refractivity contribution in [1.82, 2.24) is 0 Å². The second kappa shape index (κ2) is 9.23. The van der Waals surface area contributed by atoms with Crippen LogP contribution in [-0.4, -0.2) is 23.4 Å². The number of anilines is 1. The summed E-state index contributed by atoms with van der Waals surface area (Å²) >= 11 is 0. The zero-order valence-electron chi connectivity index (χ0n) is 19.8. The van der Waals surface area contributed by atoms with Crippen LogP contribution in [0.2, 0.25) is 0 Å². The van der Waals surface area contributed by atoms with Crippen molar-refractivity contribution in [1.29, 1.82) is 0 Å². The second-order valence-corrected chi connectivity index (χ2v) is 8.95. The molecule has 1 heterocycles. The zero-order chi connectivity index (χ0) is 25.4. The third kappa shape index (κ3) is 4.18. The Morgan fingerprint density at radius 3 is 2.36 bits per heavy atom. The van der Waals surface area contributed by atoms with E-state index in [4.69, 9.17) is 4.74 Å². The number of nitrogens with one attached hydrogen (secondary N) is 1. The molecule has 4 aromatic rings. The molecule has 1 amide bonds. The lowest BCUT2D eigenvalue weighted by atomic mass is 9.84. The van der Waals surface area contributed by atoms with Gasteiger partial charge in [-0.1, -0.05) is 66.7 Å². The van der Waals surface area contributed by atoms with E-state index in [1.165, 1.54) is 0 Å². The van der Waals surface area contributed by atoms with Crippen molar-refractivity contribution in [3.63, 3.8) is 0 Å². The fourth-order valence-electron chi connectivity index (χ4n) is 4.53. The van der Waals surface area contributed by atoms with Crippen LogP contribution in [0.25, 0.3) is 10.8 Å². The fourth-order valence-corrected chi connectivity index (χ4v) is 4.53. The summed E-state index contributed by atoms with van der Waals surface area (Å²) in [7, 11) is 0. The number of ether oxygens (including phenoxy) is 1. The molecule has 0 unspecified atom stereocenters. The molecule has 1 aliphatic heterocycles. The van der Waals surface area contributed by atoms with Crippen molar-refractivity contribution in [2.24, 2.45) is 5.92 Å². The van der Waals surface area contributed by atoms with Crippen LogP contribution < -0.4 is 5.32 Å². The Labute approximate surface area is 207 Å². The molecule has 0 bridgehead atoms. The first-order valence-electron chi connectivity index (χ1n) is 11.6. The smallest absolute Gasteiger partial charge is 0.339 e. The van der Waals surface area contributed by atoms with Crippen molar-refractivity contribution < 1.29 is 23.9 Å². The molecule has 4 aromatic carbocycles. The number of hydrogen-bond acceptors (Lipinski definition) is 5. The number of carbonyl (C=O) groups excluding carboxylic acids is 4. The summed E-state index contributed by atoms with van der Waals surface area (Å²) in [5.41, 5.74) is 3.11. The van der Waals surface area contributed by atoms with Crippen LogP contribution >= 0.6 is 0 Å². The first-order valence-corrected chi connectivity index (χ1v) is 11.6. The topological polar surface area (TPSA) is 89.5 Å². The quantitative estimate of drug-likeness (QED) is 0.174. The molecule has 0 radical (unpaired) electrons. The third-order valence-corrected chi connectivity index (χ3v) is 6.49. The lowest BCUT2D eigenvalue weighted by Gasteiger charge is -2.21. The molecule has 6 heteroatoms. The molecule has 6 nitrogen and oxygen atoms in total. The minimum Gasteiger partial charge on any atom is -0.453 e. The highest BCUT2D eigenvalue weighted by molar-refractivity contribution is 6.45. The fraction of sp³-hybridized carbons (Fsp3) is 0.133. The number of cyclic esters (lactones) is 1. The molecule has 1 N–H and O–H groups in total. The van der Waals surface area contributed by atoms with Crippen molar-refractivity contribution in [2.75, 3.05) is 5.32 Å². The van der Waals surface area contributed by atoms with Crippen molar-refractivity contribution in [3.8, 4) is 0 Å². The maximum absolute atomic E-state index is 13.8. The summed E-state index contributed by atoms with van der Waals surface area (Å²) in [6.07, 6.45) is -1.20. The third-order valence-electron chi connectivity index (χ3n) is 6.49. The van der Waals surface area contributed by atoms with Gasteiger partial charge in [-0.25, -0.2) is 4.79 Å². The molecule has 178 valence electrons. The van der Waals surface area contributed by atoms with Gasteiger partial charge in [-0.05, 0) is 53.9 Å². The first kappa shape index (κ1) is 23.2. The summed E-state index contributed by atoms with van der Waals surface area (Å²) in [5, 5.41) is 4.40. The normalized spacial score (nSPS) is 15.2. The standard InChI is InChI=1S/C30H23NO5/c1-17-11-12-18(2)24(15-17)31-29(34)27(33)25(28-22-9-5-6-10-23(22)30(35)36-28)26(32)21-14-13-19-7-3-4-8-20(19)16-21/h3-16,25,28H,1-2H3,(H,31,34)/t25-,28-/m1/s1. The molecular weight excluding hydrogens is 454 g/mol. The monoisotopic (exact) mass is 477 g/mol. The van der Waals surface area contributed by atoms with Crippen LogP contribution in [0, 0.1) is 19.8 Å². The van der Waals surface area contributed by atoms with Crippen LogP contribution in [0.3, 0.4) is 0 Å². The predicted molar refractivity (Wildman–Crippen MR) is 136 cm³/mol. The van der Waals surface area contributed by atoms with Crippen LogP contribution in [0.15, 0.2) is 84.9 Å². The molecule has 0 saturated heterocycles. The van der Waals surface area contributed by atoms with Gasteiger partial charge < -0.3 is 10.1 Å². The summed E-state index contributed by atoms with van der Waals surface area (Å²) < 4.78 is 5.53. The Balaban J connectivity index is 1.55. The molecule has 2 atom stereocenters. The van der Waals surface area contributed by atoms with E-state index in [9.17, 15) is 19.2 Å². The minimum atomic E-state index is -1.54. The number of fused-ring (bicyclic) bond motifs is 2. The molecule has 0 aromatic heterocycles. The van der Waals surface area contributed by atoms with E-state index < -0.39 is 35.5 Å². The van der Waals surface area contributed by atoms with E-state index in [-0.39, 0.29) is 11.1 Å². The maximum Gasteiger partial charge on any atom is 0.339 e. The molecule has 1 aliphatic rings. The highest BCUT2D eigenvalue weighted by Gasteiger charge is 2.46. The Bertz CT molecular complexity index is 1550. The zero-order valence-corrected chi connectivity index (χ0v) is 19.8. The van der Waals surface area contributed by atoms with Gasteiger partial charge in [0, 0.05) is 16.8 Å². The average Bonchev–Trinajstić information content (AvgIpc) is 3.22. The van der Waals surface area contributed by atoms with Gasteiger partial charge in [-0.15, -0.1) is 0 Å². The predicted octanol–water partition coefficient (Wildman–Crippen LogP) is 5.38. The summed E-state index contributed by atoms with van der Waals surface area (Å²) in [5.74, 6) is -4.67. The largest absolute Gasteiger partial charge is 0.453 e. The van der Waals surface area contributed by atoms with Gasteiger partial charge in [0.2, 0.25) is 5.78 Å². The summed E-state index contributed by atoms with van der Waals surface area (Å²) in [6, 6.07) is 24.7. The van der Waals surface area contributed by atoms with E-state index in [0.29, 0.717) is 11.3 Å². The molecule has 0 fully saturated rings. The Hall–Kier alpha value is -4.58. The SMILES string of the molecule is Cc1ccc(C)c(NC(=O)C(=O)[C@@H](C(=O)c2ccc3ccccc3c2)[C@@H]2OC(=O)c3ccccc32)c1. The molecule has 0 saturated carbocycles. The highest BCUT2D eigenvalue weighted by Crippen LogP contribution is 2.38. The number of Topliss-reactive ketones (excluding diaryl/α,β-unsaturated/α-hetero) is 2. The number of amides is 1. The number of benzene rings is 4. The van der Waals surface area contributed by atoms with Crippen LogP contribution in [0.5, 0.6) is 0 Å². The van der Waals surface area contributed by atoms with Gasteiger partial charge in [0.1, 0.15) is 12.0 Å². The van der Waals surface area contributed by atoms with E-state index in [1.54, 1.807) is 48.5 Å². The maximum atomic E-state index is 13.8. The van der Waals surface area contributed by atoms with Gasteiger partial charge in [-0.2, -0.15) is 0 Å². The molecular formula is C30H23NO5. The summed E-state index contributed by atoms with van der Waals surface area (Å²) in [4.78, 5) is 53.1. The van der Waals surface area contributed by atoms with Crippen molar-refractivity contribution in [3.05, 3.63) is 113 Å². The van der Waals surface area contributed by atoms with E-state index in [2.05, 4.69) is 5.32 Å². The van der Waals surface area contributed by atoms with Gasteiger partial charge in [-0.3, -0.25) is 14.4 Å². The molecule has 0 spiro atoms. The van der Waals surface area contributed by atoms with Gasteiger partial charge in [0.25, 0.3) is 5.91 Å². The second-order valence-electron chi connectivity index (χ2n) is 8.95. The Kier molecular flexibility index (Phi) is 5.94. The highest BCUT2D eigenvalue weighted by atomic mass is 16.5. The van der Waals surface area contributed by atoms with Gasteiger partial charge >= 0.3 is 5.97 Å².